The summed E-state index contributed by atoms with van der Waals surface area (Å²) in [6.45, 7) is 3.87. The molecule has 1 amide bonds. The SMILES string of the molecule is CCCCN(CCO)C(=O)c1cc(C)c(F)cc1F. The van der Waals surface area contributed by atoms with E-state index < -0.39 is 17.5 Å². The quantitative estimate of drug-likeness (QED) is 0.863. The van der Waals surface area contributed by atoms with Crippen molar-refractivity contribution in [2.24, 2.45) is 0 Å². The van der Waals surface area contributed by atoms with Crippen LogP contribution in [0.3, 0.4) is 0 Å². The Morgan fingerprint density at radius 3 is 2.53 bits per heavy atom. The lowest BCUT2D eigenvalue weighted by atomic mass is 10.1. The first-order valence-electron chi connectivity index (χ1n) is 6.37. The number of halogens is 2. The predicted octanol–water partition coefficient (Wildman–Crippen LogP) is 2.51. The number of amides is 1. The van der Waals surface area contributed by atoms with Crippen LogP contribution in [-0.4, -0.2) is 35.6 Å². The van der Waals surface area contributed by atoms with Crippen LogP contribution < -0.4 is 0 Å². The Balaban J connectivity index is 2.98. The molecule has 19 heavy (non-hydrogen) atoms. The van der Waals surface area contributed by atoms with Gasteiger partial charge >= 0.3 is 0 Å². The summed E-state index contributed by atoms with van der Waals surface area (Å²) in [4.78, 5) is 13.6. The van der Waals surface area contributed by atoms with E-state index in [0.717, 1.165) is 18.9 Å². The van der Waals surface area contributed by atoms with Crippen molar-refractivity contribution in [1.29, 1.82) is 0 Å². The fourth-order valence-electron chi connectivity index (χ4n) is 1.78. The zero-order chi connectivity index (χ0) is 14.4. The van der Waals surface area contributed by atoms with Crippen molar-refractivity contribution in [2.75, 3.05) is 19.7 Å². The van der Waals surface area contributed by atoms with E-state index in [1.54, 1.807) is 0 Å². The standard InChI is InChI=1S/C14H19F2NO2/c1-3-4-5-17(6-7-18)14(19)11-8-10(2)12(15)9-13(11)16/h8-9,18H,3-7H2,1-2H3. The lowest BCUT2D eigenvalue weighted by Crippen LogP contribution is -2.35. The molecule has 5 heteroatoms. The topological polar surface area (TPSA) is 40.5 Å². The molecule has 0 radical (unpaired) electrons. The van der Waals surface area contributed by atoms with Crippen LogP contribution in [0.15, 0.2) is 12.1 Å². The monoisotopic (exact) mass is 271 g/mol. The zero-order valence-electron chi connectivity index (χ0n) is 11.2. The second-order valence-corrected chi connectivity index (χ2v) is 4.45. The molecule has 0 fully saturated rings. The molecule has 0 atom stereocenters. The summed E-state index contributed by atoms with van der Waals surface area (Å²) in [5.74, 6) is -2.05. The largest absolute Gasteiger partial charge is 0.395 e. The normalized spacial score (nSPS) is 10.6. The number of nitrogens with zero attached hydrogens (tertiary/aromatic N) is 1. The molecular formula is C14H19F2NO2. The molecule has 1 aromatic carbocycles. The summed E-state index contributed by atoms with van der Waals surface area (Å²) < 4.78 is 26.8. The van der Waals surface area contributed by atoms with E-state index in [1.807, 2.05) is 6.92 Å². The van der Waals surface area contributed by atoms with Gasteiger partial charge in [0.1, 0.15) is 11.6 Å². The Kier molecular flexibility index (Phi) is 5.89. The van der Waals surface area contributed by atoms with Gasteiger partial charge in [0, 0.05) is 19.2 Å². The summed E-state index contributed by atoms with van der Waals surface area (Å²) in [6, 6.07) is 1.93. The number of aryl methyl sites for hydroxylation is 1. The number of hydrogen-bond acceptors (Lipinski definition) is 2. The van der Waals surface area contributed by atoms with Gasteiger partial charge in [0.05, 0.1) is 12.2 Å². The smallest absolute Gasteiger partial charge is 0.256 e. The van der Waals surface area contributed by atoms with Crippen LogP contribution >= 0.6 is 0 Å². The molecule has 0 spiro atoms. The molecule has 0 heterocycles. The van der Waals surface area contributed by atoms with Crippen molar-refractivity contribution in [1.82, 2.24) is 4.90 Å². The van der Waals surface area contributed by atoms with Crippen LogP contribution in [0.1, 0.15) is 35.7 Å². The van der Waals surface area contributed by atoms with E-state index >= 15 is 0 Å². The number of carbonyl (C=O) groups excluding carboxylic acids is 1. The van der Waals surface area contributed by atoms with Crippen LogP contribution in [0, 0.1) is 18.6 Å². The lowest BCUT2D eigenvalue weighted by molar-refractivity contribution is 0.0714. The summed E-state index contributed by atoms with van der Waals surface area (Å²) in [7, 11) is 0. The van der Waals surface area contributed by atoms with Gasteiger partial charge in [0.15, 0.2) is 0 Å². The van der Waals surface area contributed by atoms with Gasteiger partial charge in [-0.15, -0.1) is 0 Å². The molecule has 106 valence electrons. The first-order valence-corrected chi connectivity index (χ1v) is 6.37. The van der Waals surface area contributed by atoms with Crippen LogP contribution in [0.4, 0.5) is 8.78 Å². The number of rotatable bonds is 6. The Hall–Kier alpha value is -1.49. The fourth-order valence-corrected chi connectivity index (χ4v) is 1.78. The third-order valence-electron chi connectivity index (χ3n) is 2.92. The van der Waals surface area contributed by atoms with Gasteiger partial charge in [-0.25, -0.2) is 8.78 Å². The zero-order valence-corrected chi connectivity index (χ0v) is 11.2. The lowest BCUT2D eigenvalue weighted by Gasteiger charge is -2.22. The molecule has 0 bridgehead atoms. The number of unbranched alkanes of at least 4 members (excludes halogenated alkanes) is 1. The molecule has 0 aliphatic carbocycles. The van der Waals surface area contributed by atoms with Gasteiger partial charge in [-0.05, 0) is 25.0 Å². The number of benzene rings is 1. The van der Waals surface area contributed by atoms with Gasteiger partial charge in [-0.3, -0.25) is 4.79 Å². The van der Waals surface area contributed by atoms with E-state index in [0.29, 0.717) is 6.54 Å². The molecular weight excluding hydrogens is 252 g/mol. The molecule has 0 aliphatic heterocycles. The molecule has 0 aliphatic rings. The third-order valence-corrected chi connectivity index (χ3v) is 2.92. The van der Waals surface area contributed by atoms with Gasteiger partial charge in [-0.2, -0.15) is 0 Å². The van der Waals surface area contributed by atoms with Crippen LogP contribution in [0.25, 0.3) is 0 Å². The second-order valence-electron chi connectivity index (χ2n) is 4.45. The van der Waals surface area contributed by atoms with E-state index in [9.17, 15) is 13.6 Å². The summed E-state index contributed by atoms with van der Waals surface area (Å²) in [6.07, 6.45) is 1.66. The third kappa shape index (κ3) is 3.99. The van der Waals surface area contributed by atoms with Crippen molar-refractivity contribution in [2.45, 2.75) is 26.7 Å². The summed E-state index contributed by atoms with van der Waals surface area (Å²) in [5.41, 5.74) is 0.0765. The first-order chi connectivity index (χ1) is 9.01. The van der Waals surface area contributed by atoms with E-state index in [1.165, 1.54) is 17.9 Å². The van der Waals surface area contributed by atoms with E-state index in [4.69, 9.17) is 5.11 Å². The van der Waals surface area contributed by atoms with E-state index in [2.05, 4.69) is 0 Å². The van der Waals surface area contributed by atoms with Gasteiger partial charge in [-0.1, -0.05) is 13.3 Å². The second kappa shape index (κ2) is 7.19. The van der Waals surface area contributed by atoms with Crippen molar-refractivity contribution in [3.63, 3.8) is 0 Å². The molecule has 1 rings (SSSR count). The number of hydrogen-bond donors (Lipinski definition) is 1. The number of carbonyl (C=O) groups is 1. The molecule has 1 aromatic rings. The van der Waals surface area contributed by atoms with Crippen molar-refractivity contribution in [3.05, 3.63) is 34.9 Å². The minimum absolute atomic E-state index is 0.148. The molecule has 0 saturated heterocycles. The van der Waals surface area contributed by atoms with E-state index in [-0.39, 0.29) is 24.3 Å². The molecule has 0 unspecified atom stereocenters. The number of aliphatic hydroxyl groups excluding tert-OH is 1. The molecule has 0 aromatic heterocycles. The Bertz CT molecular complexity index is 449. The van der Waals surface area contributed by atoms with Gasteiger partial charge in [0.2, 0.25) is 0 Å². The highest BCUT2D eigenvalue weighted by atomic mass is 19.1. The maximum atomic E-state index is 13.7. The predicted molar refractivity (Wildman–Crippen MR) is 69.0 cm³/mol. The fraction of sp³-hybridized carbons (Fsp3) is 0.500. The number of aliphatic hydroxyl groups is 1. The minimum atomic E-state index is -0.868. The van der Waals surface area contributed by atoms with Crippen LogP contribution in [0.2, 0.25) is 0 Å². The maximum Gasteiger partial charge on any atom is 0.256 e. The summed E-state index contributed by atoms with van der Waals surface area (Å²) >= 11 is 0. The first kappa shape index (κ1) is 15.6. The Morgan fingerprint density at radius 1 is 1.26 bits per heavy atom. The van der Waals surface area contributed by atoms with Crippen LogP contribution in [-0.2, 0) is 0 Å². The van der Waals surface area contributed by atoms with Crippen molar-refractivity contribution >= 4 is 5.91 Å². The molecule has 0 saturated carbocycles. The average molecular weight is 271 g/mol. The van der Waals surface area contributed by atoms with Crippen molar-refractivity contribution in [3.8, 4) is 0 Å². The van der Waals surface area contributed by atoms with Crippen molar-refractivity contribution < 1.29 is 18.7 Å². The maximum absolute atomic E-state index is 13.7. The van der Waals surface area contributed by atoms with Gasteiger partial charge in [0.25, 0.3) is 5.91 Å². The van der Waals surface area contributed by atoms with Crippen LogP contribution in [0.5, 0.6) is 0 Å². The minimum Gasteiger partial charge on any atom is -0.395 e. The van der Waals surface area contributed by atoms with Gasteiger partial charge < -0.3 is 10.0 Å². The molecule has 1 N–H and O–H groups in total. The Labute approximate surface area is 111 Å². The average Bonchev–Trinajstić information content (AvgIpc) is 2.38. The highest BCUT2D eigenvalue weighted by Crippen LogP contribution is 2.16. The highest BCUT2D eigenvalue weighted by Gasteiger charge is 2.20. The molecule has 3 nitrogen and oxygen atoms in total. The highest BCUT2D eigenvalue weighted by molar-refractivity contribution is 5.94. The summed E-state index contributed by atoms with van der Waals surface area (Å²) in [5, 5.41) is 8.95. The Morgan fingerprint density at radius 2 is 1.95 bits per heavy atom.